The van der Waals surface area contributed by atoms with Gasteiger partial charge in [-0.2, -0.15) is 26.3 Å². The average molecular weight is 574 g/mol. The summed E-state index contributed by atoms with van der Waals surface area (Å²) in [5.41, 5.74) is -2.82. The predicted octanol–water partition coefficient (Wildman–Crippen LogP) is 5.40. The zero-order valence-electron chi connectivity index (χ0n) is 21.6. The number of amides is 2. The zero-order valence-corrected chi connectivity index (χ0v) is 21.6. The summed E-state index contributed by atoms with van der Waals surface area (Å²) < 4.78 is 84.8. The first kappa shape index (κ1) is 30.9. The van der Waals surface area contributed by atoms with Crippen molar-refractivity contribution in [3.8, 4) is 0 Å². The van der Waals surface area contributed by atoms with E-state index < -0.39 is 60.9 Å². The number of ether oxygens (including phenoxy) is 1. The summed E-state index contributed by atoms with van der Waals surface area (Å²) >= 11 is 0. The maximum atomic E-state index is 13.4. The van der Waals surface area contributed by atoms with Gasteiger partial charge >= 0.3 is 18.3 Å². The molecule has 2 aromatic carbocycles. The number of alkyl halides is 6. The van der Waals surface area contributed by atoms with Gasteiger partial charge in [-0.25, -0.2) is 4.79 Å². The molecular formula is C27H29F6N3O4. The molecular weight excluding hydrogens is 544 g/mol. The van der Waals surface area contributed by atoms with Crippen molar-refractivity contribution in [2.45, 2.75) is 57.0 Å². The van der Waals surface area contributed by atoms with Gasteiger partial charge in [0, 0.05) is 18.3 Å². The molecule has 40 heavy (non-hydrogen) atoms. The van der Waals surface area contributed by atoms with Crippen LogP contribution in [0, 0.1) is 0 Å². The molecule has 1 aliphatic rings. The second-order valence-electron chi connectivity index (χ2n) is 9.58. The smallest absolute Gasteiger partial charge is 0.416 e. The fraction of sp³-hybridized carbons (Fsp3) is 0.444. The van der Waals surface area contributed by atoms with Gasteiger partial charge in [-0.05, 0) is 60.9 Å². The number of nitrogens with one attached hydrogen (secondary N) is 2. The number of benzene rings is 2. The summed E-state index contributed by atoms with van der Waals surface area (Å²) in [6.07, 6.45) is -5.66. The molecule has 7 nitrogen and oxygen atoms in total. The summed E-state index contributed by atoms with van der Waals surface area (Å²) in [4.78, 5) is 38.3. The average Bonchev–Trinajstić information content (AvgIpc) is 2.88. The van der Waals surface area contributed by atoms with Crippen molar-refractivity contribution < 1.29 is 45.5 Å². The Bertz CT molecular complexity index is 1160. The molecule has 1 aliphatic carbocycles. The molecule has 2 N–H and O–H groups in total. The molecule has 218 valence electrons. The van der Waals surface area contributed by atoms with Crippen LogP contribution in [0.1, 0.15) is 59.2 Å². The van der Waals surface area contributed by atoms with E-state index in [0.717, 1.165) is 32.1 Å². The lowest BCUT2D eigenvalue weighted by atomic mass is 9.95. The Balaban J connectivity index is 1.80. The first-order chi connectivity index (χ1) is 18.7. The maximum absolute atomic E-state index is 13.4. The van der Waals surface area contributed by atoms with Crippen molar-refractivity contribution in [3.05, 3.63) is 64.7 Å². The van der Waals surface area contributed by atoms with Gasteiger partial charge in [0.15, 0.2) is 0 Å². The normalized spacial score (nSPS) is 14.6. The van der Waals surface area contributed by atoms with E-state index in [4.69, 9.17) is 0 Å². The van der Waals surface area contributed by atoms with E-state index in [1.54, 1.807) is 0 Å². The number of carbonyl (C=O) groups is 3. The molecule has 0 aliphatic heterocycles. The van der Waals surface area contributed by atoms with Gasteiger partial charge < -0.3 is 15.4 Å². The van der Waals surface area contributed by atoms with E-state index in [-0.39, 0.29) is 28.9 Å². The third kappa shape index (κ3) is 9.25. The minimum absolute atomic E-state index is 0.0221. The molecule has 0 spiro atoms. The number of anilines is 1. The van der Waals surface area contributed by atoms with Crippen LogP contribution < -0.4 is 10.6 Å². The first-order valence-electron chi connectivity index (χ1n) is 12.5. The molecule has 0 aromatic heterocycles. The van der Waals surface area contributed by atoms with Crippen LogP contribution in [0.5, 0.6) is 0 Å². The Morgan fingerprint density at radius 3 is 1.93 bits per heavy atom. The maximum Gasteiger partial charge on any atom is 0.416 e. The monoisotopic (exact) mass is 573 g/mol. The molecule has 0 radical (unpaired) electrons. The SMILES string of the molecule is COC(=O)c1ccc(NC(=O)CN(CC(=O)NC2CCCCC2)Cc2cc(C(F)(F)F)cc(C(F)(F)F)c2)cc1. The highest BCUT2D eigenvalue weighted by atomic mass is 19.4. The molecule has 2 amide bonds. The Hall–Kier alpha value is -3.61. The Kier molecular flexibility index (Phi) is 10.2. The lowest BCUT2D eigenvalue weighted by Crippen LogP contribution is -2.44. The molecule has 0 unspecified atom stereocenters. The second-order valence-corrected chi connectivity index (χ2v) is 9.58. The van der Waals surface area contributed by atoms with Crippen LogP contribution in [0.3, 0.4) is 0 Å². The van der Waals surface area contributed by atoms with Crippen LogP contribution in [0.25, 0.3) is 0 Å². The van der Waals surface area contributed by atoms with Gasteiger partial charge in [-0.1, -0.05) is 19.3 Å². The third-order valence-electron chi connectivity index (χ3n) is 6.35. The molecule has 0 saturated heterocycles. The summed E-state index contributed by atoms with van der Waals surface area (Å²) in [5, 5.41) is 5.38. The lowest BCUT2D eigenvalue weighted by Gasteiger charge is -2.26. The molecule has 2 aromatic rings. The summed E-state index contributed by atoms with van der Waals surface area (Å²) in [5.74, 6) is -1.75. The van der Waals surface area contributed by atoms with Crippen molar-refractivity contribution in [1.82, 2.24) is 10.2 Å². The minimum Gasteiger partial charge on any atom is -0.465 e. The number of carbonyl (C=O) groups excluding carboxylic acids is 3. The largest absolute Gasteiger partial charge is 0.465 e. The van der Waals surface area contributed by atoms with Crippen LogP contribution in [0.15, 0.2) is 42.5 Å². The number of nitrogens with zero attached hydrogens (tertiary/aromatic N) is 1. The Morgan fingerprint density at radius 2 is 1.40 bits per heavy atom. The van der Waals surface area contributed by atoms with Gasteiger partial charge in [0.2, 0.25) is 11.8 Å². The summed E-state index contributed by atoms with van der Waals surface area (Å²) in [7, 11) is 1.21. The second kappa shape index (κ2) is 13.2. The molecule has 0 atom stereocenters. The van der Waals surface area contributed by atoms with Gasteiger partial charge in [0.1, 0.15) is 0 Å². The number of rotatable bonds is 9. The lowest BCUT2D eigenvalue weighted by molar-refractivity contribution is -0.143. The fourth-order valence-corrected chi connectivity index (χ4v) is 4.47. The highest BCUT2D eigenvalue weighted by Crippen LogP contribution is 2.36. The zero-order chi connectivity index (χ0) is 29.5. The van der Waals surface area contributed by atoms with E-state index in [1.807, 2.05) is 0 Å². The highest BCUT2D eigenvalue weighted by Gasteiger charge is 2.37. The van der Waals surface area contributed by atoms with Gasteiger partial charge in [0.05, 0.1) is 36.9 Å². The molecule has 1 saturated carbocycles. The van der Waals surface area contributed by atoms with Crippen LogP contribution in [0.2, 0.25) is 0 Å². The molecule has 0 bridgehead atoms. The van der Waals surface area contributed by atoms with E-state index in [2.05, 4.69) is 15.4 Å². The third-order valence-corrected chi connectivity index (χ3v) is 6.35. The Labute approximate surface area is 226 Å². The quantitative estimate of drug-likeness (QED) is 0.310. The van der Waals surface area contributed by atoms with Crippen LogP contribution in [0.4, 0.5) is 32.0 Å². The number of hydrogen-bond donors (Lipinski definition) is 2. The first-order valence-corrected chi connectivity index (χ1v) is 12.5. The van der Waals surface area contributed by atoms with Gasteiger partial charge in [0.25, 0.3) is 0 Å². The van der Waals surface area contributed by atoms with E-state index in [1.165, 1.54) is 36.3 Å². The predicted molar refractivity (Wildman–Crippen MR) is 133 cm³/mol. The van der Waals surface area contributed by atoms with Crippen LogP contribution in [-0.2, 0) is 33.2 Å². The highest BCUT2D eigenvalue weighted by molar-refractivity contribution is 5.94. The van der Waals surface area contributed by atoms with Crippen molar-refractivity contribution in [1.29, 1.82) is 0 Å². The molecule has 3 rings (SSSR count). The van der Waals surface area contributed by atoms with Crippen molar-refractivity contribution >= 4 is 23.5 Å². The van der Waals surface area contributed by atoms with Crippen molar-refractivity contribution in [2.24, 2.45) is 0 Å². The summed E-state index contributed by atoms with van der Waals surface area (Å²) in [6, 6.07) is 6.73. The van der Waals surface area contributed by atoms with Gasteiger partial charge in [-0.15, -0.1) is 0 Å². The number of esters is 1. The molecule has 13 heteroatoms. The molecule has 1 fully saturated rings. The topological polar surface area (TPSA) is 87.7 Å². The molecule has 0 heterocycles. The van der Waals surface area contributed by atoms with E-state index >= 15 is 0 Å². The van der Waals surface area contributed by atoms with Crippen LogP contribution in [-0.4, -0.2) is 48.9 Å². The number of hydrogen-bond acceptors (Lipinski definition) is 5. The van der Waals surface area contributed by atoms with E-state index in [9.17, 15) is 40.7 Å². The Morgan fingerprint density at radius 1 is 0.850 bits per heavy atom. The van der Waals surface area contributed by atoms with Crippen molar-refractivity contribution in [2.75, 3.05) is 25.5 Å². The van der Waals surface area contributed by atoms with E-state index in [0.29, 0.717) is 12.1 Å². The standard InChI is InChI=1S/C27H29F6N3O4/c1-40-25(39)18-7-9-22(10-8-18)35-24(38)16-36(15-23(37)34-21-5-3-2-4-6-21)14-17-11-19(26(28,29)30)13-20(12-17)27(31,32)33/h7-13,21H,2-6,14-16H2,1H3,(H,34,37)(H,35,38). The minimum atomic E-state index is -5.03. The van der Waals surface area contributed by atoms with Crippen LogP contribution >= 0.6 is 0 Å². The fourth-order valence-electron chi connectivity index (χ4n) is 4.47. The van der Waals surface area contributed by atoms with Crippen molar-refractivity contribution in [3.63, 3.8) is 0 Å². The summed E-state index contributed by atoms with van der Waals surface area (Å²) in [6.45, 7) is -1.46. The number of methoxy groups -OCH3 is 1. The number of halogens is 6. The van der Waals surface area contributed by atoms with Gasteiger partial charge in [-0.3, -0.25) is 14.5 Å².